The van der Waals surface area contributed by atoms with Crippen LogP contribution in [-0.4, -0.2) is 53.8 Å². The summed E-state index contributed by atoms with van der Waals surface area (Å²) in [4.78, 5) is 14.1. The van der Waals surface area contributed by atoms with Crippen LogP contribution in [0.15, 0.2) is 0 Å². The Morgan fingerprint density at radius 2 is 1.85 bits per heavy atom. The van der Waals surface area contributed by atoms with E-state index in [0.29, 0.717) is 0 Å². The van der Waals surface area contributed by atoms with Crippen LogP contribution in [0.5, 0.6) is 0 Å². The van der Waals surface area contributed by atoms with E-state index in [1.54, 1.807) is 0 Å². The van der Waals surface area contributed by atoms with Crippen LogP contribution >= 0.6 is 0 Å². The number of ether oxygens (including phenoxy) is 1. The van der Waals surface area contributed by atoms with E-state index in [-0.39, 0.29) is 12.1 Å². The number of nitrogens with one attached hydrogen (secondary N) is 1. The molecule has 2 aliphatic heterocycles. The average Bonchev–Trinajstić information content (AvgIpc) is 2.84. The van der Waals surface area contributed by atoms with E-state index in [1.165, 1.54) is 19.3 Å². The maximum absolute atomic E-state index is 12.2. The maximum atomic E-state index is 12.2. The highest BCUT2D eigenvalue weighted by Crippen LogP contribution is 2.20. The van der Waals surface area contributed by atoms with Gasteiger partial charge in [-0.2, -0.15) is 0 Å². The molecule has 2 aliphatic rings. The minimum absolute atomic E-state index is 0.166. The molecule has 2 rings (SSSR count). The van der Waals surface area contributed by atoms with E-state index >= 15 is 0 Å². The fourth-order valence-electron chi connectivity index (χ4n) is 2.90. The molecule has 0 radical (unpaired) electrons. The van der Waals surface area contributed by atoms with Crippen molar-refractivity contribution in [3.05, 3.63) is 0 Å². The summed E-state index contributed by atoms with van der Waals surface area (Å²) >= 11 is 0. The zero-order valence-electron chi connectivity index (χ0n) is 13.2. The van der Waals surface area contributed by atoms with Crippen molar-refractivity contribution in [1.29, 1.82) is 0 Å². The molecular formula is C15H29N3O2. The number of likely N-dealkylation sites (tertiary alicyclic amines) is 1. The molecule has 2 fully saturated rings. The van der Waals surface area contributed by atoms with Gasteiger partial charge >= 0.3 is 6.09 Å². The lowest BCUT2D eigenvalue weighted by atomic mass is 10.2. The second kappa shape index (κ2) is 6.76. The van der Waals surface area contributed by atoms with E-state index in [1.807, 2.05) is 25.7 Å². The Hall–Kier alpha value is -0.810. The van der Waals surface area contributed by atoms with Gasteiger partial charge in [0.05, 0.1) is 0 Å². The Bertz CT molecular complexity index is 322. The van der Waals surface area contributed by atoms with Gasteiger partial charge in [-0.15, -0.1) is 0 Å². The Morgan fingerprint density at radius 1 is 1.15 bits per heavy atom. The Kier molecular flexibility index (Phi) is 5.27. The van der Waals surface area contributed by atoms with Gasteiger partial charge in [0.1, 0.15) is 5.60 Å². The first-order valence-corrected chi connectivity index (χ1v) is 7.94. The average molecular weight is 283 g/mol. The Balaban J connectivity index is 1.79. The minimum Gasteiger partial charge on any atom is -0.444 e. The highest BCUT2D eigenvalue weighted by molar-refractivity contribution is 5.69. The molecule has 0 aromatic rings. The molecule has 0 aromatic heterocycles. The molecule has 1 N–H and O–H groups in total. The fraction of sp³-hybridized carbons (Fsp3) is 0.933. The smallest absolute Gasteiger partial charge is 0.410 e. The van der Waals surface area contributed by atoms with E-state index in [4.69, 9.17) is 4.74 Å². The number of hydrazine groups is 1. The number of carbonyl (C=O) groups is 1. The summed E-state index contributed by atoms with van der Waals surface area (Å²) in [5, 5.41) is 2.30. The summed E-state index contributed by atoms with van der Waals surface area (Å²) in [6.45, 7) is 9.67. The minimum atomic E-state index is -0.412. The Morgan fingerprint density at radius 3 is 2.50 bits per heavy atom. The van der Waals surface area contributed by atoms with Gasteiger partial charge in [0.25, 0.3) is 0 Å². The number of amides is 1. The van der Waals surface area contributed by atoms with Crippen LogP contribution < -0.4 is 5.43 Å². The van der Waals surface area contributed by atoms with Gasteiger partial charge in [-0.3, -0.25) is 5.43 Å². The standard InChI is InChI=1S/C15H29N3O2/c1-15(2,3)20-14(19)18-11-7-8-13(18)12-16-17-9-5-4-6-10-17/h13,16H,4-12H2,1-3H3. The molecule has 5 nitrogen and oxygen atoms in total. The normalized spacial score (nSPS) is 24.9. The third-order valence-corrected chi connectivity index (χ3v) is 3.91. The fourth-order valence-corrected chi connectivity index (χ4v) is 2.90. The van der Waals surface area contributed by atoms with Gasteiger partial charge in [-0.25, -0.2) is 9.80 Å². The van der Waals surface area contributed by atoms with Gasteiger partial charge in [0.2, 0.25) is 0 Å². The Labute approximate surface area is 122 Å². The van der Waals surface area contributed by atoms with Crippen molar-refractivity contribution in [3.8, 4) is 0 Å². The highest BCUT2D eigenvalue weighted by Gasteiger charge is 2.32. The van der Waals surface area contributed by atoms with E-state index in [9.17, 15) is 4.79 Å². The van der Waals surface area contributed by atoms with Crippen molar-refractivity contribution in [1.82, 2.24) is 15.3 Å². The molecule has 5 heteroatoms. The lowest BCUT2D eigenvalue weighted by molar-refractivity contribution is 0.0204. The molecular weight excluding hydrogens is 254 g/mol. The van der Waals surface area contributed by atoms with Gasteiger partial charge < -0.3 is 9.64 Å². The van der Waals surface area contributed by atoms with Crippen LogP contribution in [0.25, 0.3) is 0 Å². The monoisotopic (exact) mass is 283 g/mol. The predicted molar refractivity (Wildman–Crippen MR) is 79.4 cm³/mol. The molecule has 0 saturated carbocycles. The van der Waals surface area contributed by atoms with Crippen molar-refractivity contribution in [2.45, 2.75) is 64.5 Å². The molecule has 0 aromatic carbocycles. The quantitative estimate of drug-likeness (QED) is 0.864. The van der Waals surface area contributed by atoms with Gasteiger partial charge in [0.15, 0.2) is 0 Å². The molecule has 20 heavy (non-hydrogen) atoms. The van der Waals surface area contributed by atoms with Crippen molar-refractivity contribution >= 4 is 6.09 Å². The number of hydrogen-bond acceptors (Lipinski definition) is 4. The van der Waals surface area contributed by atoms with Crippen molar-refractivity contribution < 1.29 is 9.53 Å². The summed E-state index contributed by atoms with van der Waals surface area (Å²) < 4.78 is 5.49. The third-order valence-electron chi connectivity index (χ3n) is 3.91. The molecule has 1 atom stereocenters. The van der Waals surface area contributed by atoms with Crippen LogP contribution in [0.4, 0.5) is 4.79 Å². The topological polar surface area (TPSA) is 44.8 Å². The van der Waals surface area contributed by atoms with E-state index in [2.05, 4.69) is 10.4 Å². The van der Waals surface area contributed by atoms with Crippen LogP contribution in [0, 0.1) is 0 Å². The number of piperidine rings is 1. The van der Waals surface area contributed by atoms with Crippen LogP contribution in [-0.2, 0) is 4.74 Å². The van der Waals surface area contributed by atoms with Gasteiger partial charge in [0, 0.05) is 32.2 Å². The summed E-state index contributed by atoms with van der Waals surface area (Å²) in [5.41, 5.74) is 3.08. The molecule has 0 bridgehead atoms. The summed E-state index contributed by atoms with van der Waals surface area (Å²) in [6, 6.07) is 0.270. The number of nitrogens with zero attached hydrogens (tertiary/aromatic N) is 2. The first-order chi connectivity index (χ1) is 9.46. The number of hydrogen-bond donors (Lipinski definition) is 1. The number of carbonyl (C=O) groups excluding carboxylic acids is 1. The second-order valence-electron chi connectivity index (χ2n) is 6.88. The van der Waals surface area contributed by atoms with Crippen molar-refractivity contribution in [2.24, 2.45) is 0 Å². The molecule has 1 unspecified atom stereocenters. The predicted octanol–water partition coefficient (Wildman–Crippen LogP) is 2.38. The summed E-state index contributed by atoms with van der Waals surface area (Å²) in [7, 11) is 0. The SMILES string of the molecule is CC(C)(C)OC(=O)N1CCCC1CNN1CCCCC1. The highest BCUT2D eigenvalue weighted by atomic mass is 16.6. The maximum Gasteiger partial charge on any atom is 0.410 e. The van der Waals surface area contributed by atoms with Gasteiger partial charge in [-0.05, 0) is 46.5 Å². The molecule has 1 amide bonds. The lowest BCUT2D eigenvalue weighted by Crippen LogP contribution is -2.49. The molecule has 2 heterocycles. The molecule has 0 aliphatic carbocycles. The first kappa shape index (κ1) is 15.6. The molecule has 116 valence electrons. The van der Waals surface area contributed by atoms with E-state index in [0.717, 1.165) is 39.0 Å². The van der Waals surface area contributed by atoms with Crippen LogP contribution in [0.3, 0.4) is 0 Å². The van der Waals surface area contributed by atoms with Crippen LogP contribution in [0.1, 0.15) is 52.9 Å². The second-order valence-corrected chi connectivity index (χ2v) is 6.88. The molecule has 0 spiro atoms. The summed E-state index contributed by atoms with van der Waals surface area (Å²) in [5.74, 6) is 0. The van der Waals surface area contributed by atoms with E-state index < -0.39 is 5.60 Å². The van der Waals surface area contributed by atoms with Crippen molar-refractivity contribution in [3.63, 3.8) is 0 Å². The summed E-state index contributed by atoms with van der Waals surface area (Å²) in [6.07, 6.45) is 5.86. The zero-order chi connectivity index (χ0) is 14.6. The first-order valence-electron chi connectivity index (χ1n) is 7.94. The lowest BCUT2D eigenvalue weighted by Gasteiger charge is -2.32. The zero-order valence-corrected chi connectivity index (χ0v) is 13.2. The van der Waals surface area contributed by atoms with Crippen molar-refractivity contribution in [2.75, 3.05) is 26.2 Å². The third kappa shape index (κ3) is 4.63. The van der Waals surface area contributed by atoms with Gasteiger partial charge in [-0.1, -0.05) is 6.42 Å². The largest absolute Gasteiger partial charge is 0.444 e. The number of rotatable bonds is 3. The molecule has 2 saturated heterocycles. The van der Waals surface area contributed by atoms with Crippen LogP contribution in [0.2, 0.25) is 0 Å².